The van der Waals surface area contributed by atoms with Crippen molar-refractivity contribution >= 4 is 29.5 Å². The smallest absolute Gasteiger partial charge is 0.308 e. The van der Waals surface area contributed by atoms with Crippen LogP contribution in [0.2, 0.25) is 0 Å². The maximum absolute atomic E-state index is 10.8. The fraction of sp³-hybridized carbons (Fsp3) is 0.125. The summed E-state index contributed by atoms with van der Waals surface area (Å²) in [6.45, 7) is 2.68. The molecule has 0 aromatic heterocycles. The highest BCUT2D eigenvalue weighted by atomic mass is 31.1. The lowest BCUT2D eigenvalue weighted by Gasteiger charge is -2.04. The minimum absolute atomic E-state index is 0.141. The van der Waals surface area contributed by atoms with Crippen LogP contribution in [0.4, 0.5) is 0 Å². The van der Waals surface area contributed by atoms with Crippen molar-refractivity contribution in [3.05, 3.63) is 48.5 Å². The Hall–Kier alpha value is -2.49. The molecule has 1 atom stereocenters. The van der Waals surface area contributed by atoms with E-state index < -0.39 is 0 Å². The van der Waals surface area contributed by atoms with E-state index in [0.29, 0.717) is 31.6 Å². The Labute approximate surface area is 148 Å². The monoisotopic (exact) mass is 379 g/mol. The second-order valence-corrected chi connectivity index (χ2v) is 6.13. The average molecular weight is 379 g/mol. The molecule has 2 rings (SSSR count). The summed E-state index contributed by atoms with van der Waals surface area (Å²) >= 11 is 0. The van der Waals surface area contributed by atoms with E-state index in [0.717, 1.165) is 0 Å². The summed E-state index contributed by atoms with van der Waals surface area (Å²) in [7, 11) is 0.247. The fourth-order valence-electron chi connectivity index (χ4n) is 1.63. The normalized spacial score (nSPS) is 10.8. The van der Waals surface area contributed by atoms with E-state index in [1.807, 2.05) is 0 Å². The largest absolute Gasteiger partial charge is 0.454 e. The molecule has 0 aliphatic rings. The molecule has 0 fully saturated rings. The van der Waals surface area contributed by atoms with Gasteiger partial charge in [-0.3, -0.25) is 9.59 Å². The topological polar surface area (TPSA) is 83.4 Å². The highest BCUT2D eigenvalue weighted by Crippen LogP contribution is 2.28. The molecule has 25 heavy (non-hydrogen) atoms. The zero-order valence-electron chi connectivity index (χ0n) is 13.5. The van der Waals surface area contributed by atoms with Crippen LogP contribution in [0.3, 0.4) is 0 Å². The molecule has 9 heteroatoms. The van der Waals surface area contributed by atoms with Crippen molar-refractivity contribution < 1.29 is 28.1 Å². The highest BCUT2D eigenvalue weighted by molar-refractivity contribution is 7.39. The second-order valence-electron chi connectivity index (χ2n) is 4.60. The van der Waals surface area contributed by atoms with E-state index >= 15 is 0 Å². The van der Waals surface area contributed by atoms with Crippen LogP contribution in [0, 0.1) is 0 Å². The molecular formula is C16H15NO6P2. The summed E-state index contributed by atoms with van der Waals surface area (Å²) in [5.74, 6) is 1.37. The molecule has 0 aliphatic carbocycles. The average Bonchev–Trinajstić information content (AvgIpc) is 2.56. The number of benzene rings is 2. The Morgan fingerprint density at radius 2 is 1.24 bits per heavy atom. The van der Waals surface area contributed by atoms with Gasteiger partial charge in [0.25, 0.3) is 0 Å². The molecule has 0 bridgehead atoms. The van der Waals surface area contributed by atoms with Crippen molar-refractivity contribution in [1.29, 1.82) is 0 Å². The van der Waals surface area contributed by atoms with Gasteiger partial charge < -0.3 is 18.5 Å². The molecule has 0 aliphatic heterocycles. The third kappa shape index (κ3) is 7.29. The van der Waals surface area contributed by atoms with Crippen molar-refractivity contribution in [3.63, 3.8) is 0 Å². The van der Waals surface area contributed by atoms with Crippen LogP contribution in [-0.2, 0) is 9.59 Å². The minimum atomic E-state index is -0.374. The van der Waals surface area contributed by atoms with Crippen LogP contribution in [-0.4, -0.2) is 11.9 Å². The molecular weight excluding hydrogens is 364 g/mol. The molecule has 2 aromatic carbocycles. The first-order valence-corrected chi connectivity index (χ1v) is 8.71. The Balaban J connectivity index is 1.74. The van der Waals surface area contributed by atoms with Crippen LogP contribution in [0.1, 0.15) is 13.8 Å². The molecule has 130 valence electrons. The molecule has 0 radical (unpaired) electrons. The van der Waals surface area contributed by atoms with Crippen molar-refractivity contribution in [1.82, 2.24) is 0 Å². The highest BCUT2D eigenvalue weighted by Gasteiger charge is 2.00. The van der Waals surface area contributed by atoms with Gasteiger partial charge in [-0.25, -0.2) is 0 Å². The van der Waals surface area contributed by atoms with E-state index in [4.69, 9.17) is 18.5 Å². The van der Waals surface area contributed by atoms with Crippen LogP contribution in [0.25, 0.3) is 0 Å². The summed E-state index contributed by atoms with van der Waals surface area (Å²) in [5, 5.41) is 0. The van der Waals surface area contributed by atoms with Gasteiger partial charge in [0.1, 0.15) is 23.0 Å². The number of nitrogens with zero attached hydrogens (tertiary/aromatic N) is 1. The Morgan fingerprint density at radius 1 is 0.800 bits per heavy atom. The van der Waals surface area contributed by atoms with Crippen LogP contribution in [0.15, 0.2) is 53.0 Å². The molecule has 0 heterocycles. The maximum atomic E-state index is 10.8. The zero-order chi connectivity index (χ0) is 18.1. The predicted molar refractivity (Wildman–Crippen MR) is 94.4 cm³/mol. The molecule has 0 spiro atoms. The number of hydrogen-bond acceptors (Lipinski definition) is 7. The molecule has 0 saturated carbocycles. The summed E-state index contributed by atoms with van der Waals surface area (Å²) in [6, 6.07) is 13.3. The van der Waals surface area contributed by atoms with E-state index in [2.05, 4.69) is 4.52 Å². The summed E-state index contributed by atoms with van der Waals surface area (Å²) in [5.41, 5.74) is 0. The molecule has 1 unspecified atom stereocenters. The molecule has 0 amide bonds. The number of rotatable bonds is 7. The molecule has 0 N–H and O–H groups in total. The number of hydrogen-bond donors (Lipinski definition) is 0. The lowest BCUT2D eigenvalue weighted by atomic mass is 10.3. The van der Waals surface area contributed by atoms with E-state index in [1.54, 1.807) is 48.5 Å². The van der Waals surface area contributed by atoms with Gasteiger partial charge in [-0.05, 0) is 48.5 Å². The van der Waals surface area contributed by atoms with Crippen molar-refractivity contribution in [2.24, 2.45) is 4.52 Å². The van der Waals surface area contributed by atoms with Crippen LogP contribution < -0.4 is 18.5 Å². The van der Waals surface area contributed by atoms with Crippen molar-refractivity contribution in [2.75, 3.05) is 0 Å². The number of esters is 2. The first-order chi connectivity index (χ1) is 12.0. The van der Waals surface area contributed by atoms with E-state index in [1.165, 1.54) is 13.8 Å². The van der Waals surface area contributed by atoms with E-state index in [-0.39, 0.29) is 20.9 Å². The quantitative estimate of drug-likeness (QED) is 0.399. The Morgan fingerprint density at radius 3 is 1.72 bits per heavy atom. The number of carbonyl (C=O) groups is 2. The summed E-state index contributed by atoms with van der Waals surface area (Å²) in [6.07, 6.45) is 0. The molecule has 2 aromatic rings. The fourth-order valence-corrected chi connectivity index (χ4v) is 2.55. The second kappa shape index (κ2) is 9.72. The van der Waals surface area contributed by atoms with Gasteiger partial charge in [0, 0.05) is 13.8 Å². The van der Waals surface area contributed by atoms with Gasteiger partial charge in [-0.2, -0.15) is 4.52 Å². The maximum Gasteiger partial charge on any atom is 0.308 e. The zero-order valence-corrected chi connectivity index (χ0v) is 15.4. The number of ether oxygens (including phenoxy) is 2. The van der Waals surface area contributed by atoms with Gasteiger partial charge in [-0.15, -0.1) is 0 Å². The van der Waals surface area contributed by atoms with Gasteiger partial charge >= 0.3 is 11.9 Å². The summed E-state index contributed by atoms with van der Waals surface area (Å²) in [4.78, 5) is 21.6. The summed E-state index contributed by atoms with van der Waals surface area (Å²) < 4.78 is 24.8. The standard InChI is InChI=1S/C16H15NO6P2/c1-11(18)20-13-3-7-15(8-4-13)22-24-17-25-23-16-9-5-14(6-10-16)21-12(2)19/h3-10,24H,1-2H3. The third-order valence-electron chi connectivity index (χ3n) is 2.56. The Bertz CT molecular complexity index is 746. The lowest BCUT2D eigenvalue weighted by Crippen LogP contribution is -2.00. The van der Waals surface area contributed by atoms with E-state index in [9.17, 15) is 9.59 Å². The first-order valence-electron chi connectivity index (χ1n) is 7.09. The Kier molecular flexibility index (Phi) is 7.33. The van der Waals surface area contributed by atoms with Gasteiger partial charge in [0.05, 0.1) is 0 Å². The first kappa shape index (κ1) is 18.8. The number of carbonyl (C=O) groups excluding carboxylic acids is 2. The lowest BCUT2D eigenvalue weighted by molar-refractivity contribution is -0.132. The van der Waals surface area contributed by atoms with Gasteiger partial charge in [-0.1, -0.05) is 0 Å². The third-order valence-corrected chi connectivity index (χ3v) is 3.83. The SMILES string of the molecule is CC(=O)Oc1ccc(OP=NPOc2ccc(OC(C)=O)cc2)cc1. The molecule has 7 nitrogen and oxygen atoms in total. The predicted octanol–water partition coefficient (Wildman–Crippen LogP) is 4.55. The van der Waals surface area contributed by atoms with Crippen LogP contribution in [0.5, 0.6) is 23.0 Å². The molecule has 0 saturated heterocycles. The van der Waals surface area contributed by atoms with Gasteiger partial charge in [0.2, 0.25) is 17.6 Å². The van der Waals surface area contributed by atoms with Crippen molar-refractivity contribution in [2.45, 2.75) is 13.8 Å². The minimum Gasteiger partial charge on any atom is -0.454 e. The van der Waals surface area contributed by atoms with Crippen molar-refractivity contribution in [3.8, 4) is 23.0 Å². The van der Waals surface area contributed by atoms with Crippen LogP contribution >= 0.6 is 17.6 Å². The van der Waals surface area contributed by atoms with Gasteiger partial charge in [0.15, 0.2) is 0 Å².